The Hall–Kier alpha value is -4.83. The molecule has 3 aliphatic rings. The first kappa shape index (κ1) is 27.0. The van der Waals surface area contributed by atoms with Gasteiger partial charge in [0.25, 0.3) is 11.8 Å². The molecule has 3 amide bonds. The Morgan fingerprint density at radius 3 is 1.98 bits per heavy atom. The number of carbonyl (C=O) groups is 4. The number of benzene rings is 3. The molecular formula is C33H27N3O6S. The van der Waals surface area contributed by atoms with Gasteiger partial charge < -0.3 is 14.5 Å². The summed E-state index contributed by atoms with van der Waals surface area (Å²) in [5.41, 5.74) is 5.69. The molecule has 1 fully saturated rings. The van der Waals surface area contributed by atoms with Crippen molar-refractivity contribution in [1.82, 2.24) is 14.9 Å². The van der Waals surface area contributed by atoms with Gasteiger partial charge in [0.05, 0.1) is 28.2 Å². The maximum Gasteiger partial charge on any atom is 0.409 e. The van der Waals surface area contributed by atoms with Crippen molar-refractivity contribution in [3.05, 3.63) is 111 Å². The molecule has 7 rings (SSSR count). The van der Waals surface area contributed by atoms with Crippen LogP contribution >= 0.6 is 11.3 Å². The normalized spacial score (nSPS) is 16.2. The van der Waals surface area contributed by atoms with Gasteiger partial charge in [0.2, 0.25) is 0 Å². The molecule has 1 aromatic heterocycles. The zero-order chi connectivity index (χ0) is 29.5. The fraction of sp³-hybridized carbons (Fsp3) is 0.242. The molecule has 10 heteroatoms. The first-order chi connectivity index (χ1) is 21.0. The number of ether oxygens (including phenoxy) is 1. The minimum atomic E-state index is -0.739. The number of thiazole rings is 1. The second kappa shape index (κ2) is 11.1. The summed E-state index contributed by atoms with van der Waals surface area (Å²) in [5, 5.41) is 3.19. The van der Waals surface area contributed by atoms with E-state index in [1.165, 1.54) is 45.7 Å². The molecule has 216 valence electrons. The molecule has 1 aliphatic carbocycles. The zero-order valence-electron chi connectivity index (χ0n) is 23.1. The quantitative estimate of drug-likeness (QED) is 0.269. The van der Waals surface area contributed by atoms with E-state index < -0.39 is 17.8 Å². The fourth-order valence-corrected chi connectivity index (χ4v) is 7.11. The molecule has 0 spiro atoms. The predicted molar refractivity (Wildman–Crippen MR) is 157 cm³/mol. The smallest absolute Gasteiger partial charge is 0.409 e. The van der Waals surface area contributed by atoms with Gasteiger partial charge in [-0.25, -0.2) is 14.6 Å². The van der Waals surface area contributed by atoms with Crippen LogP contribution in [-0.2, 0) is 20.8 Å². The molecule has 0 atom stereocenters. The number of hydroxylamine groups is 2. The minimum absolute atomic E-state index is 0.0198. The van der Waals surface area contributed by atoms with Gasteiger partial charge in [-0.3, -0.25) is 9.59 Å². The van der Waals surface area contributed by atoms with Gasteiger partial charge in [0.15, 0.2) is 0 Å². The lowest BCUT2D eigenvalue weighted by Crippen LogP contribution is -2.38. The molecule has 43 heavy (non-hydrogen) atoms. The lowest BCUT2D eigenvalue weighted by molar-refractivity contribution is -0.167. The molecule has 3 aromatic carbocycles. The molecule has 0 radical (unpaired) electrons. The van der Waals surface area contributed by atoms with Crippen LogP contribution < -0.4 is 0 Å². The third-order valence-corrected chi connectivity index (χ3v) is 9.34. The van der Waals surface area contributed by atoms with E-state index in [0.29, 0.717) is 30.5 Å². The van der Waals surface area contributed by atoms with Crippen molar-refractivity contribution in [3.8, 4) is 11.1 Å². The molecule has 4 aromatic rings. The van der Waals surface area contributed by atoms with Crippen molar-refractivity contribution in [2.75, 3.05) is 19.7 Å². The first-order valence-corrected chi connectivity index (χ1v) is 15.1. The highest BCUT2D eigenvalue weighted by molar-refractivity contribution is 7.09. The van der Waals surface area contributed by atoms with E-state index >= 15 is 0 Å². The summed E-state index contributed by atoms with van der Waals surface area (Å²) in [6.45, 7) is 1.40. The van der Waals surface area contributed by atoms with Crippen LogP contribution in [0.3, 0.4) is 0 Å². The van der Waals surface area contributed by atoms with Crippen LogP contribution in [-0.4, -0.2) is 58.5 Å². The lowest BCUT2D eigenvalue weighted by Gasteiger charge is -2.30. The van der Waals surface area contributed by atoms with Gasteiger partial charge in [0.1, 0.15) is 6.61 Å². The van der Waals surface area contributed by atoms with Crippen LogP contribution in [0, 0.1) is 0 Å². The number of hydrogen-bond donors (Lipinski definition) is 0. The van der Waals surface area contributed by atoms with E-state index in [4.69, 9.17) is 9.57 Å². The standard InChI is InChI=1S/C33H27N3O6S/c37-29(42-36-31(38)26-11-5-6-12-27(26)32(36)39)17-21-19-43-30(34-21)20-13-15-35(16-14-20)33(40)41-18-28-24-9-3-1-7-22(24)23-8-2-4-10-25(23)28/h1-12,19-20,28H,13-18H2. The average molecular weight is 594 g/mol. The van der Waals surface area contributed by atoms with E-state index in [-0.39, 0.29) is 35.5 Å². The van der Waals surface area contributed by atoms with E-state index in [1.807, 2.05) is 24.3 Å². The van der Waals surface area contributed by atoms with E-state index in [2.05, 4.69) is 29.2 Å². The SMILES string of the molecule is O=C(Cc1csc(C2CCN(C(=O)OCC3c4ccccc4-c4ccccc43)CC2)n1)ON1C(=O)c2ccccc2C1=O. The summed E-state index contributed by atoms with van der Waals surface area (Å²) < 4.78 is 5.83. The van der Waals surface area contributed by atoms with Crippen molar-refractivity contribution in [3.63, 3.8) is 0 Å². The van der Waals surface area contributed by atoms with Crippen molar-refractivity contribution >= 4 is 35.2 Å². The van der Waals surface area contributed by atoms with Crippen LogP contribution in [0.2, 0.25) is 0 Å². The second-order valence-electron chi connectivity index (χ2n) is 10.8. The van der Waals surface area contributed by atoms with Crippen molar-refractivity contribution in [2.24, 2.45) is 0 Å². The first-order valence-electron chi connectivity index (χ1n) is 14.2. The highest BCUT2D eigenvalue weighted by atomic mass is 32.1. The van der Waals surface area contributed by atoms with Gasteiger partial charge in [-0.05, 0) is 47.2 Å². The van der Waals surface area contributed by atoms with E-state index in [0.717, 1.165) is 17.8 Å². The number of aromatic nitrogens is 1. The van der Waals surface area contributed by atoms with Crippen LogP contribution in [0.25, 0.3) is 11.1 Å². The third kappa shape index (κ3) is 4.97. The topological polar surface area (TPSA) is 106 Å². The molecule has 0 N–H and O–H groups in total. The van der Waals surface area contributed by atoms with Crippen LogP contribution in [0.5, 0.6) is 0 Å². The number of imide groups is 1. The third-order valence-electron chi connectivity index (χ3n) is 8.28. The molecule has 0 bridgehead atoms. The Kier molecular flexibility index (Phi) is 6.98. The maximum atomic E-state index is 13.0. The Morgan fingerprint density at radius 1 is 0.814 bits per heavy atom. The van der Waals surface area contributed by atoms with Crippen LogP contribution in [0.4, 0.5) is 4.79 Å². The lowest BCUT2D eigenvalue weighted by atomic mass is 9.97. The predicted octanol–water partition coefficient (Wildman–Crippen LogP) is 5.57. The summed E-state index contributed by atoms with van der Waals surface area (Å²) in [5.74, 6) is -1.88. The Balaban J connectivity index is 0.907. The van der Waals surface area contributed by atoms with Crippen molar-refractivity contribution < 1.29 is 28.8 Å². The fourth-order valence-electron chi connectivity index (χ4n) is 6.12. The van der Waals surface area contributed by atoms with Gasteiger partial charge in [0, 0.05) is 30.3 Å². The maximum absolute atomic E-state index is 13.0. The molecule has 0 unspecified atom stereocenters. The van der Waals surface area contributed by atoms with Crippen LogP contribution in [0.1, 0.15) is 67.2 Å². The number of rotatable bonds is 6. The van der Waals surface area contributed by atoms with E-state index in [1.54, 1.807) is 22.4 Å². The minimum Gasteiger partial charge on any atom is -0.448 e. The molecule has 9 nitrogen and oxygen atoms in total. The Bertz CT molecular complexity index is 1680. The van der Waals surface area contributed by atoms with Gasteiger partial charge in [-0.1, -0.05) is 65.7 Å². The number of carbonyl (C=O) groups excluding carboxylic acids is 4. The highest BCUT2D eigenvalue weighted by Gasteiger charge is 2.39. The van der Waals surface area contributed by atoms with E-state index in [9.17, 15) is 19.2 Å². The molecule has 2 aliphatic heterocycles. The number of hydrogen-bond acceptors (Lipinski definition) is 8. The summed E-state index contributed by atoms with van der Waals surface area (Å²) in [7, 11) is 0. The van der Waals surface area contributed by atoms with Crippen LogP contribution in [0.15, 0.2) is 78.2 Å². The number of fused-ring (bicyclic) bond motifs is 4. The van der Waals surface area contributed by atoms with Gasteiger partial charge in [-0.2, -0.15) is 0 Å². The number of likely N-dealkylation sites (tertiary alicyclic amines) is 1. The second-order valence-corrected chi connectivity index (χ2v) is 11.7. The summed E-state index contributed by atoms with van der Waals surface area (Å²) in [4.78, 5) is 62.0. The Labute approximate surface area is 251 Å². The summed E-state index contributed by atoms with van der Waals surface area (Å²) in [6.07, 6.45) is 0.992. The summed E-state index contributed by atoms with van der Waals surface area (Å²) in [6, 6.07) is 22.9. The molecule has 3 heterocycles. The molecular weight excluding hydrogens is 566 g/mol. The summed E-state index contributed by atoms with van der Waals surface area (Å²) >= 11 is 1.45. The molecule has 1 saturated heterocycles. The number of nitrogens with zero attached hydrogens (tertiary/aromatic N) is 3. The zero-order valence-corrected chi connectivity index (χ0v) is 23.9. The van der Waals surface area contributed by atoms with Gasteiger partial charge >= 0.3 is 12.1 Å². The average Bonchev–Trinajstić information content (AvgIpc) is 3.70. The monoisotopic (exact) mass is 593 g/mol. The van der Waals surface area contributed by atoms with Gasteiger partial charge in [-0.15, -0.1) is 11.3 Å². The largest absolute Gasteiger partial charge is 0.448 e. The number of amides is 3. The van der Waals surface area contributed by atoms with Crippen molar-refractivity contribution in [2.45, 2.75) is 31.1 Å². The number of piperidine rings is 1. The van der Waals surface area contributed by atoms with Crippen molar-refractivity contribution in [1.29, 1.82) is 0 Å². The Morgan fingerprint density at radius 2 is 1.37 bits per heavy atom. The molecule has 0 saturated carbocycles. The highest BCUT2D eigenvalue weighted by Crippen LogP contribution is 2.44.